The zero-order valence-corrected chi connectivity index (χ0v) is 19.6. The number of alkyl halides is 4. The summed E-state index contributed by atoms with van der Waals surface area (Å²) in [7, 11) is 0. The highest BCUT2D eigenvalue weighted by atomic mass is 19.4. The molecule has 1 fully saturated rings. The van der Waals surface area contributed by atoms with Crippen LogP contribution < -0.4 is 4.74 Å². The summed E-state index contributed by atoms with van der Waals surface area (Å²) in [4.78, 5) is 3.60. The van der Waals surface area contributed by atoms with Crippen LogP contribution in [0.25, 0.3) is 0 Å². The van der Waals surface area contributed by atoms with Gasteiger partial charge in [0.05, 0.1) is 24.9 Å². The molecule has 2 aliphatic rings. The Kier molecular flexibility index (Phi) is 7.22. The molecule has 0 spiro atoms. The van der Waals surface area contributed by atoms with Crippen molar-refractivity contribution in [1.82, 2.24) is 9.80 Å². The van der Waals surface area contributed by atoms with Gasteiger partial charge in [-0.2, -0.15) is 13.2 Å². The first-order valence-corrected chi connectivity index (χ1v) is 11.7. The Morgan fingerprint density at radius 3 is 2.38 bits per heavy atom. The van der Waals surface area contributed by atoms with Crippen molar-refractivity contribution in [3.8, 4) is 5.75 Å². The largest absolute Gasteiger partial charge is 0.492 e. The van der Waals surface area contributed by atoms with Crippen molar-refractivity contribution >= 4 is 0 Å². The number of benzene rings is 2. The first-order valence-electron chi connectivity index (χ1n) is 11.7. The number of fused-ring (bicyclic) bond motifs is 1. The summed E-state index contributed by atoms with van der Waals surface area (Å²) in [5, 5.41) is 10.4. The molecule has 34 heavy (non-hydrogen) atoms. The molecular weight excluding hydrogens is 448 g/mol. The molecule has 2 aromatic rings. The maximum absolute atomic E-state index is 13.4. The van der Waals surface area contributed by atoms with E-state index in [9.17, 15) is 22.7 Å². The lowest BCUT2D eigenvalue weighted by molar-refractivity contribution is -0.150. The van der Waals surface area contributed by atoms with E-state index in [1.807, 2.05) is 24.3 Å². The minimum atomic E-state index is -4.30. The maximum atomic E-state index is 13.4. The van der Waals surface area contributed by atoms with E-state index < -0.39 is 24.4 Å². The topological polar surface area (TPSA) is 35.9 Å². The third-order valence-corrected chi connectivity index (χ3v) is 6.68. The number of aliphatic hydroxyl groups is 1. The number of hydrogen-bond acceptors (Lipinski definition) is 4. The van der Waals surface area contributed by atoms with Crippen LogP contribution in [0.5, 0.6) is 5.75 Å². The smallest absolute Gasteiger partial charge is 0.401 e. The first-order chi connectivity index (χ1) is 16.0. The zero-order chi connectivity index (χ0) is 24.5. The number of halogens is 4. The highest BCUT2D eigenvalue weighted by Crippen LogP contribution is 2.39. The molecule has 4 nitrogen and oxygen atoms in total. The Balaban J connectivity index is 1.51. The van der Waals surface area contributed by atoms with Crippen LogP contribution in [-0.4, -0.2) is 67.1 Å². The van der Waals surface area contributed by atoms with E-state index in [2.05, 4.69) is 4.90 Å². The summed E-state index contributed by atoms with van der Waals surface area (Å²) >= 11 is 0. The Morgan fingerprint density at radius 1 is 1.06 bits per heavy atom. The molecule has 2 aromatic carbocycles. The average Bonchev–Trinajstić information content (AvgIpc) is 2.73. The molecule has 0 bridgehead atoms. The molecule has 1 saturated heterocycles. The number of rotatable bonds is 8. The van der Waals surface area contributed by atoms with Crippen LogP contribution >= 0.6 is 0 Å². The van der Waals surface area contributed by atoms with Crippen LogP contribution in [0.3, 0.4) is 0 Å². The lowest BCUT2D eigenvalue weighted by Gasteiger charge is -2.38. The van der Waals surface area contributed by atoms with Crippen LogP contribution in [0, 0.1) is 5.92 Å². The van der Waals surface area contributed by atoms with Gasteiger partial charge < -0.3 is 9.84 Å². The van der Waals surface area contributed by atoms with Crippen molar-refractivity contribution in [3.05, 3.63) is 64.7 Å². The molecule has 0 amide bonds. The Hall–Kier alpha value is -2.16. The Morgan fingerprint density at radius 2 is 1.76 bits per heavy atom. The minimum absolute atomic E-state index is 0.136. The van der Waals surface area contributed by atoms with Gasteiger partial charge in [-0.15, -0.1) is 0 Å². The van der Waals surface area contributed by atoms with Gasteiger partial charge in [0, 0.05) is 32.1 Å². The van der Waals surface area contributed by atoms with Gasteiger partial charge in [-0.05, 0) is 54.7 Å². The predicted molar refractivity (Wildman–Crippen MR) is 123 cm³/mol. The summed E-state index contributed by atoms with van der Waals surface area (Å²) in [6.45, 7) is 5.11. The van der Waals surface area contributed by atoms with Gasteiger partial charge in [-0.3, -0.25) is 14.2 Å². The zero-order valence-electron chi connectivity index (χ0n) is 19.6. The van der Waals surface area contributed by atoms with Crippen molar-refractivity contribution in [2.24, 2.45) is 5.92 Å². The fourth-order valence-corrected chi connectivity index (χ4v) is 4.85. The highest BCUT2D eigenvalue weighted by Gasteiger charge is 2.38. The fraction of sp³-hybridized carbons (Fsp3) is 0.538. The third kappa shape index (κ3) is 5.90. The van der Waals surface area contributed by atoms with E-state index in [0.717, 1.165) is 41.9 Å². The van der Waals surface area contributed by atoms with Crippen molar-refractivity contribution in [2.75, 3.05) is 46.0 Å². The molecule has 0 aromatic heterocycles. The maximum Gasteiger partial charge on any atom is 0.401 e. The van der Waals surface area contributed by atoms with Crippen molar-refractivity contribution in [3.63, 3.8) is 0 Å². The van der Waals surface area contributed by atoms with E-state index in [-0.39, 0.29) is 19.1 Å². The summed E-state index contributed by atoms with van der Waals surface area (Å²) < 4.78 is 58.4. The monoisotopic (exact) mass is 480 g/mol. The summed E-state index contributed by atoms with van der Waals surface area (Å²) in [6, 6.07) is 12.3. The molecule has 1 atom stereocenters. The third-order valence-electron chi connectivity index (χ3n) is 6.68. The Bertz CT molecular complexity index is 966. The van der Waals surface area contributed by atoms with Crippen LogP contribution in [0.4, 0.5) is 17.6 Å². The van der Waals surface area contributed by atoms with Crippen molar-refractivity contribution in [1.29, 1.82) is 0 Å². The van der Waals surface area contributed by atoms with Crippen LogP contribution in [0.15, 0.2) is 42.5 Å². The molecule has 8 heteroatoms. The summed E-state index contributed by atoms with van der Waals surface area (Å²) in [6.07, 6.45) is -3.81. The minimum Gasteiger partial charge on any atom is -0.492 e. The molecule has 0 radical (unpaired) electrons. The van der Waals surface area contributed by atoms with Gasteiger partial charge in [0.2, 0.25) is 0 Å². The molecule has 1 unspecified atom stereocenters. The number of hydrogen-bond donors (Lipinski definition) is 1. The van der Waals surface area contributed by atoms with E-state index in [1.54, 1.807) is 32.0 Å². The molecular formula is C26H32F4N2O2. The van der Waals surface area contributed by atoms with Gasteiger partial charge in [0.15, 0.2) is 0 Å². The Labute approximate surface area is 198 Å². The number of nitrogens with zero attached hydrogens (tertiary/aromatic N) is 2. The van der Waals surface area contributed by atoms with E-state index >= 15 is 0 Å². The van der Waals surface area contributed by atoms with Crippen LogP contribution in [-0.2, 0) is 12.0 Å². The normalized spacial score (nSPS) is 20.1. The van der Waals surface area contributed by atoms with Gasteiger partial charge in [0.1, 0.15) is 12.4 Å². The van der Waals surface area contributed by atoms with E-state index in [1.165, 1.54) is 4.90 Å². The molecule has 2 aliphatic heterocycles. The SMILES string of the molecule is CC(C)(O)c1ccc2c(c1)CCN(CC(F)(F)F)C2c1ccc(OCCN2CC(CF)C2)cc1. The number of ether oxygens (including phenoxy) is 1. The van der Waals surface area contributed by atoms with E-state index in [0.29, 0.717) is 18.8 Å². The molecule has 0 saturated carbocycles. The first kappa shape index (κ1) is 24.9. The standard InChI is InChI=1S/C26H32F4N2O2/c1-25(2,33)21-5-8-23-20(13-21)9-10-32(17-26(28,29)30)24(23)19-3-6-22(7-4-19)34-12-11-31-15-18(14-27)16-31/h3-8,13,18,24,33H,9-12,14-17H2,1-2H3. The molecule has 1 N–H and O–H groups in total. The van der Waals surface area contributed by atoms with Gasteiger partial charge in [-0.1, -0.05) is 30.3 Å². The average molecular weight is 481 g/mol. The van der Waals surface area contributed by atoms with Crippen molar-refractivity contribution < 1.29 is 27.4 Å². The summed E-state index contributed by atoms with van der Waals surface area (Å²) in [5.74, 6) is 0.791. The van der Waals surface area contributed by atoms with Gasteiger partial charge in [0.25, 0.3) is 0 Å². The quantitative estimate of drug-likeness (QED) is 0.556. The van der Waals surface area contributed by atoms with Crippen LogP contribution in [0.1, 0.15) is 42.1 Å². The van der Waals surface area contributed by atoms with Gasteiger partial charge in [-0.25, -0.2) is 0 Å². The summed E-state index contributed by atoms with van der Waals surface area (Å²) in [5.41, 5.74) is 2.29. The predicted octanol–water partition coefficient (Wildman–Crippen LogP) is 4.70. The number of likely N-dealkylation sites (tertiary alicyclic amines) is 1. The second-order valence-corrected chi connectivity index (χ2v) is 9.91. The molecule has 0 aliphatic carbocycles. The van der Waals surface area contributed by atoms with E-state index in [4.69, 9.17) is 4.74 Å². The molecule has 2 heterocycles. The molecule has 4 rings (SSSR count). The van der Waals surface area contributed by atoms with Gasteiger partial charge >= 0.3 is 6.18 Å². The lowest BCUT2D eigenvalue weighted by Crippen LogP contribution is -2.49. The van der Waals surface area contributed by atoms with Crippen LogP contribution in [0.2, 0.25) is 0 Å². The second-order valence-electron chi connectivity index (χ2n) is 9.91. The second kappa shape index (κ2) is 9.84. The lowest BCUT2D eigenvalue weighted by atomic mass is 9.85. The molecule has 186 valence electrons. The fourth-order valence-electron chi connectivity index (χ4n) is 4.85. The highest BCUT2D eigenvalue weighted by molar-refractivity contribution is 5.44. The van der Waals surface area contributed by atoms with Crippen molar-refractivity contribution in [2.45, 2.75) is 38.1 Å².